The molecule has 0 amide bonds. The first kappa shape index (κ1) is 14.1. The minimum atomic E-state index is 0.642. The molecular weight excluding hydrogens is 361 g/mol. The Morgan fingerprint density at radius 2 is 1.80 bits per heavy atom. The highest BCUT2D eigenvalue weighted by Gasteiger charge is 2.19. The van der Waals surface area contributed by atoms with Crippen LogP contribution >= 0.6 is 22.6 Å². The first-order valence-electron chi connectivity index (χ1n) is 7.19. The topological polar surface area (TPSA) is 19.4 Å². The van der Waals surface area contributed by atoms with E-state index in [9.17, 15) is 0 Å². The van der Waals surface area contributed by atoms with Crippen molar-refractivity contribution >= 4 is 39.3 Å². The molecule has 2 heterocycles. The van der Waals surface area contributed by atoms with Crippen LogP contribution in [0.1, 0.15) is 13.8 Å². The van der Waals surface area contributed by atoms with Crippen LogP contribution in [0.15, 0.2) is 30.3 Å². The van der Waals surface area contributed by atoms with Crippen LogP contribution in [-0.2, 0) is 0 Å². The lowest BCUT2D eigenvalue weighted by Gasteiger charge is -2.37. The lowest BCUT2D eigenvalue weighted by molar-refractivity contribution is 0.209. The maximum atomic E-state index is 4.81. The summed E-state index contributed by atoms with van der Waals surface area (Å²) in [6.07, 6.45) is 0. The van der Waals surface area contributed by atoms with Gasteiger partial charge in [-0.2, -0.15) is 0 Å². The van der Waals surface area contributed by atoms with E-state index in [-0.39, 0.29) is 0 Å². The molecule has 0 saturated carbocycles. The fourth-order valence-corrected chi connectivity index (χ4v) is 3.24. The molecule has 1 saturated heterocycles. The number of rotatable bonds is 2. The normalized spacial score (nSPS) is 17.1. The third kappa shape index (κ3) is 2.91. The van der Waals surface area contributed by atoms with Crippen molar-refractivity contribution in [3.05, 3.63) is 33.9 Å². The molecule has 0 aliphatic carbocycles. The highest BCUT2D eigenvalue weighted by Crippen LogP contribution is 2.21. The molecule has 0 spiro atoms. The molecule has 0 N–H and O–H groups in total. The first-order valence-corrected chi connectivity index (χ1v) is 8.27. The van der Waals surface area contributed by atoms with E-state index in [1.165, 1.54) is 8.96 Å². The van der Waals surface area contributed by atoms with Gasteiger partial charge in [0.05, 0.1) is 5.52 Å². The van der Waals surface area contributed by atoms with Crippen LogP contribution in [0.2, 0.25) is 0 Å². The van der Waals surface area contributed by atoms with Crippen molar-refractivity contribution in [3.63, 3.8) is 0 Å². The van der Waals surface area contributed by atoms with Gasteiger partial charge in [-0.1, -0.05) is 0 Å². The molecule has 3 rings (SSSR count). The van der Waals surface area contributed by atoms with Crippen LogP contribution in [0.3, 0.4) is 0 Å². The largest absolute Gasteiger partial charge is 0.354 e. The zero-order valence-corrected chi connectivity index (χ0v) is 14.2. The van der Waals surface area contributed by atoms with Gasteiger partial charge < -0.3 is 4.90 Å². The summed E-state index contributed by atoms with van der Waals surface area (Å²) >= 11 is 2.34. The Balaban J connectivity index is 1.79. The molecule has 3 nitrogen and oxygen atoms in total. The van der Waals surface area contributed by atoms with Crippen LogP contribution in [0.5, 0.6) is 0 Å². The van der Waals surface area contributed by atoms with Crippen molar-refractivity contribution < 1.29 is 0 Å². The quantitative estimate of drug-likeness (QED) is 0.744. The number of benzene rings is 1. The second-order valence-corrected chi connectivity index (χ2v) is 6.87. The Hall–Kier alpha value is -0.880. The van der Waals surface area contributed by atoms with Crippen molar-refractivity contribution in [2.75, 3.05) is 31.1 Å². The van der Waals surface area contributed by atoms with E-state index in [1.54, 1.807) is 0 Å². The average Bonchev–Trinajstić information content (AvgIpc) is 2.47. The second-order valence-electron chi connectivity index (χ2n) is 5.62. The number of halogens is 1. The van der Waals surface area contributed by atoms with Crippen LogP contribution in [0, 0.1) is 3.57 Å². The average molecular weight is 381 g/mol. The molecule has 1 aromatic heterocycles. The van der Waals surface area contributed by atoms with E-state index < -0.39 is 0 Å². The summed E-state index contributed by atoms with van der Waals surface area (Å²) in [5, 5.41) is 1.22. The summed E-state index contributed by atoms with van der Waals surface area (Å²) in [4.78, 5) is 9.74. The van der Waals surface area contributed by atoms with Gasteiger partial charge in [-0.15, -0.1) is 0 Å². The summed E-state index contributed by atoms with van der Waals surface area (Å²) in [5.41, 5.74) is 1.09. The molecule has 4 heteroatoms. The van der Waals surface area contributed by atoms with Gasteiger partial charge in [-0.05, 0) is 66.8 Å². The van der Waals surface area contributed by atoms with Crippen LogP contribution in [0.4, 0.5) is 5.82 Å². The number of hydrogen-bond acceptors (Lipinski definition) is 3. The maximum Gasteiger partial charge on any atom is 0.129 e. The number of pyridine rings is 1. The standard InChI is InChI=1S/C16H20IN3/c1-12(2)19-7-9-20(10-8-19)16-6-3-13-11-14(17)4-5-15(13)18-16/h3-6,11-12H,7-10H2,1-2H3. The maximum absolute atomic E-state index is 4.81. The predicted octanol–water partition coefficient (Wildman–Crippen LogP) is 3.37. The first-order chi connectivity index (χ1) is 9.63. The summed E-state index contributed by atoms with van der Waals surface area (Å²) in [6.45, 7) is 8.94. The van der Waals surface area contributed by atoms with Crippen LogP contribution in [0.25, 0.3) is 10.9 Å². The molecule has 106 valence electrons. The van der Waals surface area contributed by atoms with Crippen molar-refractivity contribution in [2.45, 2.75) is 19.9 Å². The molecule has 1 aromatic carbocycles. The molecule has 0 atom stereocenters. The lowest BCUT2D eigenvalue weighted by atomic mass is 10.2. The molecule has 1 aliphatic rings. The van der Waals surface area contributed by atoms with Gasteiger partial charge in [0.1, 0.15) is 5.82 Å². The van der Waals surface area contributed by atoms with E-state index in [0.717, 1.165) is 37.5 Å². The molecule has 1 fully saturated rings. The molecule has 2 aromatic rings. The molecule has 1 aliphatic heterocycles. The van der Waals surface area contributed by atoms with Crippen LogP contribution in [-0.4, -0.2) is 42.1 Å². The number of piperazine rings is 1. The number of fused-ring (bicyclic) bond motifs is 1. The minimum absolute atomic E-state index is 0.642. The third-order valence-corrected chi connectivity index (χ3v) is 4.68. The SMILES string of the molecule is CC(C)N1CCN(c2ccc3cc(I)ccc3n2)CC1. The number of aromatic nitrogens is 1. The van der Waals surface area contributed by atoms with E-state index in [2.05, 4.69) is 76.6 Å². The predicted molar refractivity (Wildman–Crippen MR) is 93.4 cm³/mol. The zero-order chi connectivity index (χ0) is 14.1. The van der Waals surface area contributed by atoms with Crippen molar-refractivity contribution in [1.82, 2.24) is 9.88 Å². The smallest absolute Gasteiger partial charge is 0.129 e. The summed E-state index contributed by atoms with van der Waals surface area (Å²) in [5.74, 6) is 1.11. The summed E-state index contributed by atoms with van der Waals surface area (Å²) in [7, 11) is 0. The van der Waals surface area contributed by atoms with E-state index in [4.69, 9.17) is 4.98 Å². The van der Waals surface area contributed by atoms with Gasteiger partial charge in [0.15, 0.2) is 0 Å². The van der Waals surface area contributed by atoms with E-state index in [1.807, 2.05) is 0 Å². The molecular formula is C16H20IN3. The molecule has 20 heavy (non-hydrogen) atoms. The summed E-state index contributed by atoms with van der Waals surface area (Å²) < 4.78 is 1.26. The number of nitrogens with zero attached hydrogens (tertiary/aromatic N) is 3. The van der Waals surface area contributed by atoms with Gasteiger partial charge in [0, 0.05) is 41.2 Å². The van der Waals surface area contributed by atoms with Gasteiger partial charge in [0.25, 0.3) is 0 Å². The molecule has 0 unspecified atom stereocenters. The second kappa shape index (κ2) is 5.85. The van der Waals surface area contributed by atoms with E-state index >= 15 is 0 Å². The van der Waals surface area contributed by atoms with Crippen molar-refractivity contribution in [2.24, 2.45) is 0 Å². The zero-order valence-electron chi connectivity index (χ0n) is 12.0. The Morgan fingerprint density at radius 1 is 1.05 bits per heavy atom. The highest BCUT2D eigenvalue weighted by atomic mass is 127. The van der Waals surface area contributed by atoms with Crippen molar-refractivity contribution in [3.8, 4) is 0 Å². The minimum Gasteiger partial charge on any atom is -0.354 e. The molecule has 0 bridgehead atoms. The van der Waals surface area contributed by atoms with Gasteiger partial charge >= 0.3 is 0 Å². The van der Waals surface area contributed by atoms with Gasteiger partial charge in [0.2, 0.25) is 0 Å². The Kier molecular flexibility index (Phi) is 4.12. The van der Waals surface area contributed by atoms with Crippen molar-refractivity contribution in [1.29, 1.82) is 0 Å². The van der Waals surface area contributed by atoms with Gasteiger partial charge in [-0.3, -0.25) is 4.90 Å². The number of anilines is 1. The highest BCUT2D eigenvalue weighted by molar-refractivity contribution is 14.1. The van der Waals surface area contributed by atoms with Crippen LogP contribution < -0.4 is 4.90 Å². The lowest BCUT2D eigenvalue weighted by Crippen LogP contribution is -2.49. The fraction of sp³-hybridized carbons (Fsp3) is 0.438. The summed E-state index contributed by atoms with van der Waals surface area (Å²) in [6, 6.07) is 11.4. The monoisotopic (exact) mass is 381 g/mol. The van der Waals surface area contributed by atoms with E-state index in [0.29, 0.717) is 6.04 Å². The Morgan fingerprint density at radius 3 is 2.50 bits per heavy atom. The van der Waals surface area contributed by atoms with Gasteiger partial charge in [-0.25, -0.2) is 4.98 Å². The Bertz CT molecular complexity index is 604. The number of hydrogen-bond donors (Lipinski definition) is 0. The fourth-order valence-electron chi connectivity index (χ4n) is 2.73. The molecule has 0 radical (unpaired) electrons. The third-order valence-electron chi connectivity index (χ3n) is 4.01. The Labute approximate surface area is 134 Å².